The van der Waals surface area contributed by atoms with Gasteiger partial charge in [0.1, 0.15) is 17.4 Å². The molecule has 1 aliphatic heterocycles. The molecule has 2 aromatic rings. The van der Waals surface area contributed by atoms with Gasteiger partial charge in [-0.25, -0.2) is 14.3 Å². The molecule has 27 heavy (non-hydrogen) atoms. The van der Waals surface area contributed by atoms with E-state index in [1.807, 2.05) is 0 Å². The molecule has 1 aromatic heterocycles. The average Bonchev–Trinajstić information content (AvgIpc) is 3.06. The van der Waals surface area contributed by atoms with Gasteiger partial charge in [0.2, 0.25) is 0 Å². The molecule has 146 valence electrons. The Morgan fingerprint density at radius 2 is 2.26 bits per heavy atom. The van der Waals surface area contributed by atoms with E-state index in [2.05, 4.69) is 20.5 Å². The number of carbonyl (C=O) groups is 1. The Bertz CT molecular complexity index is 867. The molecule has 0 aliphatic carbocycles. The van der Waals surface area contributed by atoms with Gasteiger partial charge in [0.15, 0.2) is 5.60 Å². The third kappa shape index (κ3) is 4.34. The first-order valence-electron chi connectivity index (χ1n) is 8.60. The van der Waals surface area contributed by atoms with Gasteiger partial charge in [0, 0.05) is 25.2 Å². The second-order valence-corrected chi connectivity index (χ2v) is 6.55. The van der Waals surface area contributed by atoms with Crippen LogP contribution in [0.3, 0.4) is 0 Å². The Hall–Kier alpha value is -2.72. The number of amides is 1. The predicted molar refractivity (Wildman–Crippen MR) is 93.5 cm³/mol. The number of carbonyl (C=O) groups excluding carboxylic acids is 1. The molecule has 1 saturated heterocycles. The SMILES string of the molecule is COc1ccc(F)c(CN2CCC[C@](O)(CNCc3n[nH]c(=O)[nH]3)C2=O)c1. The van der Waals surface area contributed by atoms with Gasteiger partial charge in [-0.15, -0.1) is 0 Å². The highest BCUT2D eigenvalue weighted by Crippen LogP contribution is 2.25. The van der Waals surface area contributed by atoms with Crippen LogP contribution in [0, 0.1) is 5.82 Å². The van der Waals surface area contributed by atoms with Crippen molar-refractivity contribution in [3.8, 4) is 5.75 Å². The molecule has 0 spiro atoms. The summed E-state index contributed by atoms with van der Waals surface area (Å²) in [6.45, 7) is 0.679. The number of H-pyrrole nitrogens is 2. The Labute approximate surface area is 154 Å². The van der Waals surface area contributed by atoms with Gasteiger partial charge in [0.25, 0.3) is 5.91 Å². The maximum absolute atomic E-state index is 14.1. The van der Waals surface area contributed by atoms with Crippen molar-refractivity contribution >= 4 is 5.91 Å². The van der Waals surface area contributed by atoms with Crippen molar-refractivity contribution in [1.82, 2.24) is 25.4 Å². The lowest BCUT2D eigenvalue weighted by Gasteiger charge is -2.38. The van der Waals surface area contributed by atoms with Crippen molar-refractivity contribution in [2.45, 2.75) is 31.5 Å². The molecule has 3 rings (SSSR count). The van der Waals surface area contributed by atoms with Gasteiger partial charge in [-0.3, -0.25) is 9.78 Å². The minimum atomic E-state index is -1.59. The van der Waals surface area contributed by atoms with E-state index < -0.39 is 23.0 Å². The number of hydrogen-bond donors (Lipinski definition) is 4. The topological polar surface area (TPSA) is 123 Å². The van der Waals surface area contributed by atoms with Crippen molar-refractivity contribution in [3.05, 3.63) is 45.9 Å². The second kappa shape index (κ2) is 7.89. The Balaban J connectivity index is 1.64. The van der Waals surface area contributed by atoms with E-state index >= 15 is 0 Å². The highest BCUT2D eigenvalue weighted by atomic mass is 19.1. The number of hydrogen-bond acceptors (Lipinski definition) is 6. The second-order valence-electron chi connectivity index (χ2n) is 6.55. The monoisotopic (exact) mass is 379 g/mol. The molecular weight excluding hydrogens is 357 g/mol. The smallest absolute Gasteiger partial charge is 0.340 e. The van der Waals surface area contributed by atoms with Crippen LogP contribution in [-0.4, -0.2) is 56.9 Å². The first-order valence-corrected chi connectivity index (χ1v) is 8.60. The van der Waals surface area contributed by atoms with Crippen molar-refractivity contribution in [3.63, 3.8) is 0 Å². The molecular formula is C17H22FN5O4. The summed E-state index contributed by atoms with van der Waals surface area (Å²) >= 11 is 0. The summed E-state index contributed by atoms with van der Waals surface area (Å²) in [6, 6.07) is 4.35. The van der Waals surface area contributed by atoms with E-state index in [9.17, 15) is 19.1 Å². The third-order valence-corrected chi connectivity index (χ3v) is 4.58. The van der Waals surface area contributed by atoms with Crippen LogP contribution in [0.1, 0.15) is 24.2 Å². The molecule has 1 aromatic carbocycles. The van der Waals surface area contributed by atoms with Crippen LogP contribution in [0.2, 0.25) is 0 Å². The molecule has 0 bridgehead atoms. The molecule has 4 N–H and O–H groups in total. The summed E-state index contributed by atoms with van der Waals surface area (Å²) < 4.78 is 19.2. The highest BCUT2D eigenvalue weighted by molar-refractivity contribution is 5.86. The van der Waals surface area contributed by atoms with Crippen LogP contribution in [0.15, 0.2) is 23.0 Å². The van der Waals surface area contributed by atoms with E-state index in [0.29, 0.717) is 36.5 Å². The minimum absolute atomic E-state index is 0.00217. The fourth-order valence-electron chi connectivity index (χ4n) is 3.16. The number of nitrogens with one attached hydrogen (secondary N) is 3. The lowest BCUT2D eigenvalue weighted by atomic mass is 9.91. The lowest BCUT2D eigenvalue weighted by Crippen LogP contribution is -2.57. The van der Waals surface area contributed by atoms with E-state index in [0.717, 1.165) is 0 Å². The van der Waals surface area contributed by atoms with Crippen LogP contribution in [0.4, 0.5) is 4.39 Å². The Morgan fingerprint density at radius 3 is 2.96 bits per heavy atom. The summed E-state index contributed by atoms with van der Waals surface area (Å²) in [6.07, 6.45) is 0.891. The van der Waals surface area contributed by atoms with Gasteiger partial charge in [-0.05, 0) is 31.0 Å². The van der Waals surface area contributed by atoms with Gasteiger partial charge in [-0.1, -0.05) is 0 Å². The maximum atomic E-state index is 14.1. The van der Waals surface area contributed by atoms with Crippen LogP contribution < -0.4 is 15.7 Å². The summed E-state index contributed by atoms with van der Waals surface area (Å²) in [5.41, 5.74) is -1.69. The summed E-state index contributed by atoms with van der Waals surface area (Å²) in [7, 11) is 1.49. The van der Waals surface area contributed by atoms with Crippen LogP contribution in [0.25, 0.3) is 0 Å². The number of aromatic nitrogens is 3. The zero-order valence-electron chi connectivity index (χ0n) is 14.9. The number of rotatable bonds is 7. The van der Waals surface area contributed by atoms with Gasteiger partial charge < -0.3 is 20.1 Å². The lowest BCUT2D eigenvalue weighted by molar-refractivity contribution is -0.157. The van der Waals surface area contributed by atoms with Crippen molar-refractivity contribution in [1.29, 1.82) is 0 Å². The van der Waals surface area contributed by atoms with E-state index in [1.165, 1.54) is 24.1 Å². The van der Waals surface area contributed by atoms with Crippen LogP contribution in [0.5, 0.6) is 5.75 Å². The molecule has 10 heteroatoms. The number of methoxy groups -OCH3 is 1. The molecule has 1 atom stereocenters. The third-order valence-electron chi connectivity index (χ3n) is 4.58. The number of benzene rings is 1. The van der Waals surface area contributed by atoms with Gasteiger partial charge >= 0.3 is 5.69 Å². The van der Waals surface area contributed by atoms with E-state index in [4.69, 9.17) is 4.74 Å². The Kier molecular flexibility index (Phi) is 5.57. The quantitative estimate of drug-likeness (QED) is 0.532. The van der Waals surface area contributed by atoms with E-state index in [1.54, 1.807) is 6.07 Å². The molecule has 1 fully saturated rings. The van der Waals surface area contributed by atoms with Crippen molar-refractivity contribution < 1.29 is 19.0 Å². The van der Waals surface area contributed by atoms with E-state index in [-0.39, 0.29) is 19.6 Å². The Morgan fingerprint density at radius 1 is 1.44 bits per heavy atom. The summed E-state index contributed by atoms with van der Waals surface area (Å²) in [5, 5.41) is 19.7. The first kappa shape index (κ1) is 19.1. The molecule has 0 saturated carbocycles. The number of likely N-dealkylation sites (tertiary alicyclic amines) is 1. The fraction of sp³-hybridized carbons (Fsp3) is 0.471. The van der Waals surface area contributed by atoms with Crippen LogP contribution in [-0.2, 0) is 17.9 Å². The normalized spacial score (nSPS) is 20.1. The zero-order valence-corrected chi connectivity index (χ0v) is 14.9. The molecule has 1 amide bonds. The van der Waals surface area contributed by atoms with Crippen molar-refractivity contribution in [2.75, 3.05) is 20.2 Å². The molecule has 9 nitrogen and oxygen atoms in total. The van der Waals surface area contributed by atoms with Crippen LogP contribution >= 0.6 is 0 Å². The number of aliphatic hydroxyl groups is 1. The number of piperidine rings is 1. The van der Waals surface area contributed by atoms with Crippen molar-refractivity contribution in [2.24, 2.45) is 0 Å². The molecule has 0 radical (unpaired) electrons. The van der Waals surface area contributed by atoms with Gasteiger partial charge in [0.05, 0.1) is 13.7 Å². The predicted octanol–water partition coefficient (Wildman–Crippen LogP) is -0.111. The number of ether oxygens (including phenoxy) is 1. The maximum Gasteiger partial charge on any atom is 0.340 e. The summed E-state index contributed by atoms with van der Waals surface area (Å²) in [4.78, 5) is 27.7. The largest absolute Gasteiger partial charge is 0.497 e. The van der Waals surface area contributed by atoms with Gasteiger partial charge in [-0.2, -0.15) is 5.10 Å². The highest BCUT2D eigenvalue weighted by Gasteiger charge is 2.42. The summed E-state index contributed by atoms with van der Waals surface area (Å²) in [5.74, 6) is -0.0136. The molecule has 0 unspecified atom stereocenters. The standard InChI is InChI=1S/C17H22FN5O4/c1-27-12-3-4-13(18)11(7-12)9-23-6-2-5-17(26,15(23)24)10-19-8-14-20-16(25)22-21-14/h3-4,7,19,26H,2,5-6,8-10H2,1H3,(H2,20,21,22,25)/t17-/m0/s1. The number of halogens is 1. The number of nitrogens with zero attached hydrogens (tertiary/aromatic N) is 2. The number of aromatic amines is 2. The first-order chi connectivity index (χ1) is 12.9. The fourth-order valence-corrected chi connectivity index (χ4v) is 3.16. The molecule has 2 heterocycles. The average molecular weight is 379 g/mol. The molecule has 1 aliphatic rings. The zero-order chi connectivity index (χ0) is 19.4. The minimum Gasteiger partial charge on any atom is -0.497 e.